The Labute approximate surface area is 117 Å². The van der Waals surface area contributed by atoms with Crippen LogP contribution < -0.4 is 10.6 Å². The van der Waals surface area contributed by atoms with Crippen LogP contribution in [0.4, 0.5) is 5.69 Å². The second kappa shape index (κ2) is 6.54. The summed E-state index contributed by atoms with van der Waals surface area (Å²) in [5.74, 6) is 0.153. The molecule has 102 valence electrons. The van der Waals surface area contributed by atoms with E-state index in [1.165, 1.54) is 11.8 Å². The summed E-state index contributed by atoms with van der Waals surface area (Å²) >= 11 is 3.51. The van der Waals surface area contributed by atoms with Gasteiger partial charge in [0.1, 0.15) is 9.84 Å². The number of sulfone groups is 1. The Kier molecular flexibility index (Phi) is 5.62. The number of nitrogens with zero attached hydrogens (tertiary/aromatic N) is 1. The van der Waals surface area contributed by atoms with E-state index < -0.39 is 9.84 Å². The van der Waals surface area contributed by atoms with Crippen LogP contribution in [0.2, 0.25) is 0 Å². The number of hydrogen-bond acceptors (Lipinski definition) is 4. The quantitative estimate of drug-likeness (QED) is 0.854. The van der Waals surface area contributed by atoms with Crippen LogP contribution in [0.3, 0.4) is 0 Å². The number of benzene rings is 1. The van der Waals surface area contributed by atoms with Crippen LogP contribution in [0, 0.1) is 0 Å². The van der Waals surface area contributed by atoms with Gasteiger partial charge in [-0.3, -0.25) is 0 Å². The van der Waals surface area contributed by atoms with Gasteiger partial charge in [-0.25, -0.2) is 8.42 Å². The van der Waals surface area contributed by atoms with Crippen LogP contribution in [-0.4, -0.2) is 40.6 Å². The molecule has 1 rings (SSSR count). The maximum absolute atomic E-state index is 11.1. The fourth-order valence-electron chi connectivity index (χ4n) is 1.61. The fourth-order valence-corrected chi connectivity index (χ4v) is 2.94. The number of hydrogen-bond donors (Lipinski definition) is 1. The van der Waals surface area contributed by atoms with Gasteiger partial charge < -0.3 is 10.6 Å². The molecule has 0 aliphatic heterocycles. The van der Waals surface area contributed by atoms with Crippen molar-refractivity contribution in [3.63, 3.8) is 0 Å². The molecular weight excluding hydrogens is 316 g/mol. The first-order valence-corrected chi connectivity index (χ1v) is 8.56. The van der Waals surface area contributed by atoms with Crippen LogP contribution >= 0.6 is 15.9 Å². The van der Waals surface area contributed by atoms with Gasteiger partial charge in [-0.2, -0.15) is 0 Å². The van der Waals surface area contributed by atoms with Crippen LogP contribution in [0.1, 0.15) is 5.56 Å². The largest absolute Gasteiger partial charge is 0.373 e. The molecule has 0 atom stereocenters. The molecule has 0 aliphatic rings. The van der Waals surface area contributed by atoms with Crippen LogP contribution in [-0.2, 0) is 16.3 Å². The molecule has 0 spiro atoms. The van der Waals surface area contributed by atoms with Gasteiger partial charge in [0.05, 0.1) is 11.4 Å². The third-order valence-electron chi connectivity index (χ3n) is 2.65. The van der Waals surface area contributed by atoms with Gasteiger partial charge in [0.25, 0.3) is 0 Å². The third kappa shape index (κ3) is 4.96. The Morgan fingerprint density at radius 1 is 1.39 bits per heavy atom. The van der Waals surface area contributed by atoms with Crippen LogP contribution in [0.5, 0.6) is 0 Å². The summed E-state index contributed by atoms with van der Waals surface area (Å²) in [7, 11) is -1.05. The van der Waals surface area contributed by atoms with Crippen molar-refractivity contribution < 1.29 is 8.42 Å². The minimum Gasteiger partial charge on any atom is -0.373 e. The lowest BCUT2D eigenvalue weighted by molar-refractivity contribution is 0.601. The lowest BCUT2D eigenvalue weighted by Crippen LogP contribution is -2.25. The molecule has 1 aromatic rings. The van der Waals surface area contributed by atoms with Crippen molar-refractivity contribution >= 4 is 31.5 Å². The molecule has 6 heteroatoms. The van der Waals surface area contributed by atoms with Gasteiger partial charge in [-0.15, -0.1) is 0 Å². The SMILES string of the molecule is CN(CCS(C)(=O)=O)c1ccc(CCN)cc1Br. The zero-order valence-electron chi connectivity index (χ0n) is 10.7. The maximum Gasteiger partial charge on any atom is 0.149 e. The number of rotatable bonds is 6. The lowest BCUT2D eigenvalue weighted by atomic mass is 10.1. The summed E-state index contributed by atoms with van der Waals surface area (Å²) in [6.45, 7) is 1.10. The molecule has 0 saturated carbocycles. The molecule has 0 saturated heterocycles. The van der Waals surface area contributed by atoms with Crippen molar-refractivity contribution in [2.45, 2.75) is 6.42 Å². The summed E-state index contributed by atoms with van der Waals surface area (Å²) < 4.78 is 23.2. The molecule has 0 radical (unpaired) electrons. The monoisotopic (exact) mass is 334 g/mol. The lowest BCUT2D eigenvalue weighted by Gasteiger charge is -2.20. The second-order valence-corrected chi connectivity index (χ2v) is 7.49. The molecule has 0 unspecified atom stereocenters. The van der Waals surface area contributed by atoms with E-state index in [0.29, 0.717) is 13.1 Å². The molecule has 2 N–H and O–H groups in total. The Bertz CT molecular complexity index is 503. The minimum absolute atomic E-state index is 0.153. The van der Waals surface area contributed by atoms with Crippen molar-refractivity contribution in [2.75, 3.05) is 37.0 Å². The normalized spacial score (nSPS) is 11.6. The molecule has 0 fully saturated rings. The average molecular weight is 335 g/mol. The Morgan fingerprint density at radius 2 is 2.06 bits per heavy atom. The van der Waals surface area contributed by atoms with Crippen LogP contribution in [0.15, 0.2) is 22.7 Å². The standard InChI is InChI=1S/C12H19BrN2O2S/c1-15(7-8-18(2,16)17)12-4-3-10(5-6-14)9-11(12)13/h3-4,9H,5-8,14H2,1-2H3. The van der Waals surface area contributed by atoms with Crippen molar-refractivity contribution in [3.8, 4) is 0 Å². The second-order valence-electron chi connectivity index (χ2n) is 4.38. The smallest absolute Gasteiger partial charge is 0.149 e. The summed E-state index contributed by atoms with van der Waals surface area (Å²) in [5, 5.41) is 0. The molecule has 0 amide bonds. The first kappa shape index (κ1) is 15.5. The first-order valence-electron chi connectivity index (χ1n) is 5.71. The predicted molar refractivity (Wildman–Crippen MR) is 79.9 cm³/mol. The van der Waals surface area contributed by atoms with E-state index in [2.05, 4.69) is 15.9 Å². The zero-order valence-corrected chi connectivity index (χ0v) is 13.1. The fraction of sp³-hybridized carbons (Fsp3) is 0.500. The maximum atomic E-state index is 11.1. The number of nitrogens with two attached hydrogens (primary N) is 1. The predicted octanol–water partition coefficient (Wildman–Crippen LogP) is 1.43. The Balaban J connectivity index is 2.77. The molecule has 18 heavy (non-hydrogen) atoms. The highest BCUT2D eigenvalue weighted by molar-refractivity contribution is 9.10. The Morgan fingerprint density at radius 3 is 2.56 bits per heavy atom. The average Bonchev–Trinajstić information content (AvgIpc) is 2.25. The topological polar surface area (TPSA) is 63.4 Å². The van der Waals surface area contributed by atoms with Gasteiger partial charge in [-0.1, -0.05) is 6.07 Å². The molecule has 4 nitrogen and oxygen atoms in total. The van der Waals surface area contributed by atoms with Crippen molar-refractivity contribution in [1.29, 1.82) is 0 Å². The van der Waals surface area contributed by atoms with Gasteiger partial charge in [0.15, 0.2) is 0 Å². The molecule has 0 bridgehead atoms. The Hall–Kier alpha value is -0.590. The minimum atomic E-state index is -2.93. The first-order chi connectivity index (χ1) is 8.33. The summed E-state index contributed by atoms with van der Waals surface area (Å²) in [6, 6.07) is 6.03. The summed E-state index contributed by atoms with van der Waals surface area (Å²) in [4.78, 5) is 1.93. The van der Waals surface area contributed by atoms with Crippen molar-refractivity contribution in [3.05, 3.63) is 28.2 Å². The van der Waals surface area contributed by atoms with E-state index in [1.54, 1.807) is 0 Å². The third-order valence-corrected chi connectivity index (χ3v) is 4.21. The van der Waals surface area contributed by atoms with Crippen molar-refractivity contribution in [2.24, 2.45) is 5.73 Å². The highest BCUT2D eigenvalue weighted by Crippen LogP contribution is 2.26. The van der Waals surface area contributed by atoms with E-state index >= 15 is 0 Å². The van der Waals surface area contributed by atoms with Gasteiger partial charge in [0.2, 0.25) is 0 Å². The van der Waals surface area contributed by atoms with E-state index in [9.17, 15) is 8.42 Å². The van der Waals surface area contributed by atoms with Gasteiger partial charge in [0, 0.05) is 24.3 Å². The molecule has 0 aliphatic carbocycles. The number of halogens is 1. The molecule has 0 aromatic heterocycles. The summed E-state index contributed by atoms with van der Waals surface area (Å²) in [6.07, 6.45) is 2.09. The van der Waals surface area contributed by atoms with E-state index in [4.69, 9.17) is 5.73 Å². The highest BCUT2D eigenvalue weighted by atomic mass is 79.9. The number of anilines is 1. The van der Waals surface area contributed by atoms with E-state index in [1.807, 2.05) is 30.1 Å². The molecule has 0 heterocycles. The molecule has 1 aromatic carbocycles. The van der Waals surface area contributed by atoms with Gasteiger partial charge >= 0.3 is 0 Å². The highest BCUT2D eigenvalue weighted by Gasteiger charge is 2.09. The van der Waals surface area contributed by atoms with Crippen LogP contribution in [0.25, 0.3) is 0 Å². The summed E-state index contributed by atoms with van der Waals surface area (Å²) in [5.41, 5.74) is 7.67. The zero-order chi connectivity index (χ0) is 13.8. The van der Waals surface area contributed by atoms with Crippen molar-refractivity contribution in [1.82, 2.24) is 0 Å². The van der Waals surface area contributed by atoms with E-state index in [0.717, 1.165) is 16.6 Å². The van der Waals surface area contributed by atoms with Gasteiger partial charge in [-0.05, 0) is 46.6 Å². The molecular formula is C12H19BrN2O2S. The van der Waals surface area contributed by atoms with E-state index in [-0.39, 0.29) is 5.75 Å².